The Morgan fingerprint density at radius 2 is 2.22 bits per heavy atom. The van der Waals surface area contributed by atoms with Crippen molar-refractivity contribution in [2.75, 3.05) is 19.8 Å². The largest absolute Gasteiger partial charge is 0.370 e. The molecule has 3 N–H and O–H groups in total. The quantitative estimate of drug-likeness (QED) is 0.678. The van der Waals surface area contributed by atoms with Crippen molar-refractivity contribution >= 4 is 11.8 Å². The lowest BCUT2D eigenvalue weighted by Crippen LogP contribution is -2.28. The highest BCUT2D eigenvalue weighted by Gasteiger charge is 2.05. The standard InChI is InChI=1S/C12H13N3O3/c13-7-9-2-1-3-10(6-9)12(17)15-4-5-18-8-11(14)16/h1-3,6H,4-5,8H2,(H2,14,16)(H,15,17). The molecule has 18 heavy (non-hydrogen) atoms. The van der Waals surface area contributed by atoms with E-state index < -0.39 is 5.91 Å². The third-order valence-electron chi connectivity index (χ3n) is 2.03. The molecule has 94 valence electrons. The minimum Gasteiger partial charge on any atom is -0.370 e. The Kier molecular flexibility index (Phi) is 5.35. The van der Waals surface area contributed by atoms with Gasteiger partial charge in [0.15, 0.2) is 0 Å². The number of hydrogen-bond acceptors (Lipinski definition) is 4. The van der Waals surface area contributed by atoms with Gasteiger partial charge in [-0.25, -0.2) is 0 Å². The summed E-state index contributed by atoms with van der Waals surface area (Å²) in [5.74, 6) is -0.849. The molecule has 2 amide bonds. The molecule has 0 radical (unpaired) electrons. The smallest absolute Gasteiger partial charge is 0.251 e. The second-order valence-corrected chi connectivity index (χ2v) is 3.47. The Morgan fingerprint density at radius 3 is 2.89 bits per heavy atom. The Hall–Kier alpha value is -2.39. The number of carbonyl (C=O) groups is 2. The molecule has 6 nitrogen and oxygen atoms in total. The number of nitrogens with two attached hydrogens (primary N) is 1. The van der Waals surface area contributed by atoms with Crippen LogP contribution < -0.4 is 11.1 Å². The Bertz CT molecular complexity index is 480. The second kappa shape index (κ2) is 7.04. The van der Waals surface area contributed by atoms with E-state index in [4.69, 9.17) is 15.7 Å². The van der Waals surface area contributed by atoms with E-state index >= 15 is 0 Å². The fraction of sp³-hybridized carbons (Fsp3) is 0.250. The number of nitrogens with one attached hydrogen (secondary N) is 1. The number of hydrogen-bond donors (Lipinski definition) is 2. The van der Waals surface area contributed by atoms with Crippen molar-refractivity contribution in [1.29, 1.82) is 5.26 Å². The number of primary amides is 1. The van der Waals surface area contributed by atoms with E-state index in [0.29, 0.717) is 11.1 Å². The third-order valence-corrected chi connectivity index (χ3v) is 2.03. The maximum Gasteiger partial charge on any atom is 0.251 e. The molecule has 1 rings (SSSR count). The molecule has 0 aliphatic rings. The van der Waals surface area contributed by atoms with Gasteiger partial charge in [-0.05, 0) is 18.2 Å². The van der Waals surface area contributed by atoms with Gasteiger partial charge in [0.1, 0.15) is 6.61 Å². The minimum atomic E-state index is -0.553. The SMILES string of the molecule is N#Cc1cccc(C(=O)NCCOCC(N)=O)c1. The molecule has 0 bridgehead atoms. The van der Waals surface area contributed by atoms with Crippen molar-refractivity contribution in [3.05, 3.63) is 35.4 Å². The van der Waals surface area contributed by atoms with E-state index in [9.17, 15) is 9.59 Å². The Labute approximate surface area is 104 Å². The summed E-state index contributed by atoms with van der Waals surface area (Å²) in [7, 11) is 0. The number of amides is 2. The van der Waals surface area contributed by atoms with E-state index in [0.717, 1.165) is 0 Å². The molecule has 6 heteroatoms. The summed E-state index contributed by atoms with van der Waals surface area (Å²) in [5.41, 5.74) is 5.71. The zero-order chi connectivity index (χ0) is 13.4. The molecule has 0 aromatic heterocycles. The zero-order valence-corrected chi connectivity index (χ0v) is 9.68. The van der Waals surface area contributed by atoms with Crippen LogP contribution >= 0.6 is 0 Å². The van der Waals surface area contributed by atoms with E-state index in [1.54, 1.807) is 18.2 Å². The number of rotatable bonds is 6. The van der Waals surface area contributed by atoms with Crippen LogP contribution in [0.5, 0.6) is 0 Å². The average molecular weight is 247 g/mol. The molecule has 0 atom stereocenters. The lowest BCUT2D eigenvalue weighted by Gasteiger charge is -2.05. The van der Waals surface area contributed by atoms with Crippen molar-refractivity contribution in [3.63, 3.8) is 0 Å². The van der Waals surface area contributed by atoms with Crippen LogP contribution in [0.15, 0.2) is 24.3 Å². The van der Waals surface area contributed by atoms with Gasteiger partial charge in [-0.15, -0.1) is 0 Å². The molecule has 0 fully saturated rings. The van der Waals surface area contributed by atoms with Gasteiger partial charge in [-0.3, -0.25) is 9.59 Å². The number of ether oxygens (including phenoxy) is 1. The van der Waals surface area contributed by atoms with Gasteiger partial charge in [0.05, 0.1) is 18.2 Å². The number of nitrogens with zero attached hydrogens (tertiary/aromatic N) is 1. The van der Waals surface area contributed by atoms with Crippen LogP contribution in [-0.4, -0.2) is 31.6 Å². The first-order valence-electron chi connectivity index (χ1n) is 5.28. The Morgan fingerprint density at radius 1 is 1.44 bits per heavy atom. The van der Waals surface area contributed by atoms with Crippen LogP contribution in [-0.2, 0) is 9.53 Å². The van der Waals surface area contributed by atoms with Crippen molar-refractivity contribution in [2.24, 2.45) is 5.73 Å². The van der Waals surface area contributed by atoms with Gasteiger partial charge in [0.2, 0.25) is 5.91 Å². The van der Waals surface area contributed by atoms with Crippen molar-refractivity contribution in [1.82, 2.24) is 5.32 Å². The highest BCUT2D eigenvalue weighted by atomic mass is 16.5. The maximum atomic E-state index is 11.6. The first kappa shape index (κ1) is 13.7. The summed E-state index contributed by atoms with van der Waals surface area (Å²) in [5, 5.41) is 11.3. The van der Waals surface area contributed by atoms with Crippen molar-refractivity contribution in [2.45, 2.75) is 0 Å². The van der Waals surface area contributed by atoms with Crippen LogP contribution in [0.25, 0.3) is 0 Å². The van der Waals surface area contributed by atoms with Gasteiger partial charge in [-0.1, -0.05) is 6.07 Å². The second-order valence-electron chi connectivity index (χ2n) is 3.47. The number of carbonyl (C=O) groups excluding carboxylic acids is 2. The first-order valence-corrected chi connectivity index (χ1v) is 5.28. The predicted molar refractivity (Wildman–Crippen MR) is 63.5 cm³/mol. The molecule has 0 unspecified atom stereocenters. The Balaban J connectivity index is 2.36. The van der Waals surface area contributed by atoms with Crippen molar-refractivity contribution < 1.29 is 14.3 Å². The number of benzene rings is 1. The van der Waals surface area contributed by atoms with Crippen molar-refractivity contribution in [3.8, 4) is 6.07 Å². The molecule has 0 aliphatic heterocycles. The van der Waals surface area contributed by atoms with Crippen LogP contribution in [0, 0.1) is 11.3 Å². The van der Waals surface area contributed by atoms with Crippen LogP contribution in [0.4, 0.5) is 0 Å². The molecule has 0 aliphatic carbocycles. The zero-order valence-electron chi connectivity index (χ0n) is 9.68. The highest BCUT2D eigenvalue weighted by Crippen LogP contribution is 2.03. The van der Waals surface area contributed by atoms with E-state index in [-0.39, 0.29) is 25.7 Å². The topological polar surface area (TPSA) is 105 Å². The van der Waals surface area contributed by atoms with Crippen LogP contribution in [0.2, 0.25) is 0 Å². The molecular formula is C12H13N3O3. The first-order chi connectivity index (χ1) is 8.63. The summed E-state index contributed by atoms with van der Waals surface area (Å²) in [4.78, 5) is 22.0. The number of nitriles is 1. The van der Waals surface area contributed by atoms with E-state index in [2.05, 4.69) is 5.32 Å². The summed E-state index contributed by atoms with van der Waals surface area (Å²) in [6.07, 6.45) is 0. The summed E-state index contributed by atoms with van der Waals surface area (Å²) in [6.45, 7) is 0.301. The van der Waals surface area contributed by atoms with Gasteiger partial charge in [0, 0.05) is 12.1 Å². The van der Waals surface area contributed by atoms with Gasteiger partial charge in [-0.2, -0.15) is 5.26 Å². The summed E-state index contributed by atoms with van der Waals surface area (Å²) in [6, 6.07) is 8.32. The average Bonchev–Trinajstić information content (AvgIpc) is 2.37. The van der Waals surface area contributed by atoms with Crippen LogP contribution in [0.3, 0.4) is 0 Å². The monoisotopic (exact) mass is 247 g/mol. The highest BCUT2D eigenvalue weighted by molar-refractivity contribution is 5.94. The molecule has 1 aromatic carbocycles. The fourth-order valence-corrected chi connectivity index (χ4v) is 1.24. The lowest BCUT2D eigenvalue weighted by molar-refractivity contribution is -0.122. The normalized spacial score (nSPS) is 9.50. The minimum absolute atomic E-state index is 0.167. The molecule has 0 saturated heterocycles. The summed E-state index contributed by atoms with van der Waals surface area (Å²) < 4.78 is 4.88. The van der Waals surface area contributed by atoms with E-state index in [1.165, 1.54) is 6.07 Å². The maximum absolute atomic E-state index is 11.6. The molecular weight excluding hydrogens is 234 g/mol. The molecule has 0 heterocycles. The van der Waals surface area contributed by atoms with Crippen LogP contribution in [0.1, 0.15) is 15.9 Å². The molecule has 0 spiro atoms. The fourth-order valence-electron chi connectivity index (χ4n) is 1.24. The van der Waals surface area contributed by atoms with E-state index in [1.807, 2.05) is 6.07 Å². The van der Waals surface area contributed by atoms with Gasteiger partial charge in [0.25, 0.3) is 5.91 Å². The third kappa shape index (κ3) is 4.63. The molecule has 1 aromatic rings. The van der Waals surface area contributed by atoms with Gasteiger partial charge < -0.3 is 15.8 Å². The predicted octanol–water partition coefficient (Wildman–Crippen LogP) is -0.210. The summed E-state index contributed by atoms with van der Waals surface area (Å²) >= 11 is 0. The van der Waals surface area contributed by atoms with Gasteiger partial charge >= 0.3 is 0 Å². The lowest BCUT2D eigenvalue weighted by atomic mass is 10.1. The molecule has 0 saturated carbocycles.